The van der Waals surface area contributed by atoms with Gasteiger partial charge in [0.2, 0.25) is 0 Å². The van der Waals surface area contributed by atoms with Crippen LogP contribution in [-0.4, -0.2) is 0 Å². The van der Waals surface area contributed by atoms with Gasteiger partial charge >= 0.3 is 0 Å². The minimum atomic E-state index is -0.00454. The van der Waals surface area contributed by atoms with E-state index in [1.807, 2.05) is 93.6 Å². The van der Waals surface area contributed by atoms with E-state index in [0.29, 0.717) is 53.8 Å². The van der Waals surface area contributed by atoms with Gasteiger partial charge in [-0.25, -0.2) is 0 Å². The molecule has 69 heavy (non-hydrogen) atoms. The average molecular weight is 907 g/mol. The van der Waals surface area contributed by atoms with Gasteiger partial charge in [-0.1, -0.05) is 153 Å². The molecular weight excluding hydrogens is 841 g/mol. The first kappa shape index (κ1) is 49.5. The maximum Gasteiger partial charge on any atom is 0.141 e. The fourth-order valence-corrected chi connectivity index (χ4v) is 8.29. The van der Waals surface area contributed by atoms with Crippen LogP contribution in [0.2, 0.25) is 0 Å². The van der Waals surface area contributed by atoms with Crippen LogP contribution in [0.25, 0.3) is 0 Å². The Kier molecular flexibility index (Phi) is 15.3. The van der Waals surface area contributed by atoms with Crippen LogP contribution in [-0.2, 0) is 35.5 Å². The number of hydrogen-bond acceptors (Lipinski definition) is 3. The normalized spacial score (nSPS) is 11.3. The van der Waals surface area contributed by atoms with E-state index in [9.17, 15) is 0 Å². The van der Waals surface area contributed by atoms with Crippen molar-refractivity contribution in [3.8, 4) is 70.0 Å². The SMILES string of the molecule is CC#Cc1ccc(Oc2c(Cc3ccc(C(C)(C)C)cc3)c(Oc3ccc(C#CC)cc3)c(Cc3ccc(C(C)(C)C)cc3)c(Oc3ccc(C#CC)cc3)c2Cc2ccc(C(C)(C)C)cc2)cc1. The second kappa shape index (κ2) is 21.3. The molecule has 3 heteroatoms. The summed E-state index contributed by atoms with van der Waals surface area (Å²) in [5.41, 5.74) is 12.6. The highest BCUT2D eigenvalue weighted by atomic mass is 16.5. The lowest BCUT2D eigenvalue weighted by Gasteiger charge is -2.27. The van der Waals surface area contributed by atoms with Gasteiger partial charge in [0.05, 0.1) is 0 Å². The van der Waals surface area contributed by atoms with Gasteiger partial charge < -0.3 is 14.2 Å². The van der Waals surface area contributed by atoms with Gasteiger partial charge in [0.15, 0.2) is 0 Å². The summed E-state index contributed by atoms with van der Waals surface area (Å²) in [6.07, 6.45) is 1.55. The van der Waals surface area contributed by atoms with Crippen molar-refractivity contribution >= 4 is 0 Å². The van der Waals surface area contributed by atoms with E-state index in [2.05, 4.69) is 171 Å². The lowest BCUT2D eigenvalue weighted by molar-refractivity contribution is 0.420. The van der Waals surface area contributed by atoms with E-state index >= 15 is 0 Å². The maximum atomic E-state index is 7.35. The third-order valence-electron chi connectivity index (χ3n) is 12.3. The van der Waals surface area contributed by atoms with E-state index in [1.54, 1.807) is 0 Å². The molecule has 0 amide bonds. The molecule has 0 atom stereocenters. The van der Waals surface area contributed by atoms with Crippen molar-refractivity contribution in [2.45, 2.75) is 119 Å². The minimum absolute atomic E-state index is 0.00454. The van der Waals surface area contributed by atoms with Crippen molar-refractivity contribution < 1.29 is 14.2 Å². The zero-order valence-electron chi connectivity index (χ0n) is 42.7. The van der Waals surface area contributed by atoms with Gasteiger partial charge in [-0.3, -0.25) is 0 Å². The number of benzene rings is 7. The standard InChI is InChI=1S/C66H66O3/c1-13-16-46-25-37-55(38-26-46)67-61-58(43-49-19-31-52(32-20-49)64(4,5)6)62(68-56-39-27-47(17-14-2)28-40-56)60(45-51-23-35-54(36-24-51)66(10,11)12)63(69-57-41-29-48(18-15-3)30-42-57)59(61)44-50-21-33-53(34-22-50)65(7,8)9/h19-42H,43-45H2,1-12H3. The smallest absolute Gasteiger partial charge is 0.141 e. The van der Waals surface area contributed by atoms with Gasteiger partial charge in [0.1, 0.15) is 34.5 Å². The van der Waals surface area contributed by atoms with Crippen LogP contribution in [0.5, 0.6) is 34.5 Å². The highest BCUT2D eigenvalue weighted by molar-refractivity contribution is 5.68. The monoisotopic (exact) mass is 907 g/mol. The second-order valence-electron chi connectivity index (χ2n) is 20.8. The molecule has 348 valence electrons. The molecular formula is C66H66O3. The molecule has 0 bridgehead atoms. The molecule has 0 saturated heterocycles. The highest BCUT2D eigenvalue weighted by Crippen LogP contribution is 2.51. The molecule has 0 N–H and O–H groups in total. The first-order valence-electron chi connectivity index (χ1n) is 24.0. The van der Waals surface area contributed by atoms with Crippen molar-refractivity contribution in [3.63, 3.8) is 0 Å². The van der Waals surface area contributed by atoms with Crippen molar-refractivity contribution in [1.82, 2.24) is 0 Å². The summed E-state index contributed by atoms with van der Waals surface area (Å²) in [5, 5.41) is 0. The summed E-state index contributed by atoms with van der Waals surface area (Å²) in [7, 11) is 0. The Bertz CT molecular complexity index is 2700. The first-order valence-corrected chi connectivity index (χ1v) is 24.0. The fraction of sp³-hybridized carbons (Fsp3) is 0.273. The average Bonchev–Trinajstić information content (AvgIpc) is 3.31. The molecule has 0 fully saturated rings. The van der Waals surface area contributed by atoms with E-state index in [0.717, 1.165) is 50.1 Å². The molecule has 0 aliphatic heterocycles. The number of ether oxygens (including phenoxy) is 3. The minimum Gasteiger partial charge on any atom is -0.456 e. The van der Waals surface area contributed by atoms with Gasteiger partial charge in [0.25, 0.3) is 0 Å². The van der Waals surface area contributed by atoms with Crippen LogP contribution in [0.15, 0.2) is 146 Å². The Labute approximate surface area is 413 Å². The molecule has 7 rings (SSSR count). The quantitative estimate of drug-likeness (QED) is 0.114. The van der Waals surface area contributed by atoms with Crippen LogP contribution < -0.4 is 14.2 Å². The van der Waals surface area contributed by atoms with Crippen molar-refractivity contribution in [2.75, 3.05) is 0 Å². The van der Waals surface area contributed by atoms with Gasteiger partial charge in [-0.15, -0.1) is 17.8 Å². The van der Waals surface area contributed by atoms with Crippen molar-refractivity contribution in [3.05, 3.63) is 212 Å². The highest BCUT2D eigenvalue weighted by Gasteiger charge is 2.30. The Morgan fingerprint density at radius 3 is 0.710 bits per heavy atom. The summed E-state index contributed by atoms with van der Waals surface area (Å²) >= 11 is 0. The van der Waals surface area contributed by atoms with Crippen molar-refractivity contribution in [1.29, 1.82) is 0 Å². The summed E-state index contributed by atoms with van der Waals surface area (Å²) in [6.45, 7) is 25.8. The van der Waals surface area contributed by atoms with Gasteiger partial charge in [0, 0.05) is 52.6 Å². The fourth-order valence-electron chi connectivity index (χ4n) is 8.29. The van der Waals surface area contributed by atoms with Crippen LogP contribution >= 0.6 is 0 Å². The molecule has 7 aromatic carbocycles. The van der Waals surface area contributed by atoms with Crippen molar-refractivity contribution in [2.24, 2.45) is 0 Å². The third kappa shape index (κ3) is 12.8. The molecule has 7 aromatic rings. The second-order valence-corrected chi connectivity index (χ2v) is 20.8. The summed E-state index contributed by atoms with van der Waals surface area (Å²) < 4.78 is 22.0. The zero-order valence-corrected chi connectivity index (χ0v) is 42.7. The first-order chi connectivity index (χ1) is 32.9. The Hall–Kier alpha value is -7.38. The molecule has 0 spiro atoms. The molecule has 0 heterocycles. The lowest BCUT2D eigenvalue weighted by atomic mass is 9.84. The topological polar surface area (TPSA) is 27.7 Å². The third-order valence-corrected chi connectivity index (χ3v) is 12.3. The van der Waals surface area contributed by atoms with Gasteiger partial charge in [-0.2, -0.15) is 0 Å². The summed E-state index contributed by atoms with van der Waals surface area (Å²) in [5.74, 6) is 22.8. The molecule has 0 unspecified atom stereocenters. The van der Waals surface area contributed by atoms with E-state index in [-0.39, 0.29) is 16.2 Å². The van der Waals surface area contributed by atoms with Crippen LogP contribution in [0.3, 0.4) is 0 Å². The van der Waals surface area contributed by atoms with E-state index in [1.165, 1.54) is 16.7 Å². The van der Waals surface area contributed by atoms with E-state index < -0.39 is 0 Å². The van der Waals surface area contributed by atoms with E-state index in [4.69, 9.17) is 14.2 Å². The van der Waals surface area contributed by atoms with Crippen LogP contribution in [0.4, 0.5) is 0 Å². The molecule has 0 aliphatic rings. The summed E-state index contributed by atoms with van der Waals surface area (Å²) in [6, 6.07) is 51.0. The maximum absolute atomic E-state index is 7.35. The molecule has 0 saturated carbocycles. The predicted octanol–water partition coefficient (Wildman–Crippen LogP) is 16.8. The van der Waals surface area contributed by atoms with Gasteiger partial charge in [-0.05, 0) is 143 Å². The Balaban J connectivity index is 1.59. The largest absolute Gasteiger partial charge is 0.456 e. The number of hydrogen-bond donors (Lipinski definition) is 0. The summed E-state index contributed by atoms with van der Waals surface area (Å²) in [4.78, 5) is 0. The number of rotatable bonds is 12. The molecule has 0 aromatic heterocycles. The Morgan fingerprint density at radius 1 is 0.304 bits per heavy atom. The predicted molar refractivity (Wildman–Crippen MR) is 287 cm³/mol. The Morgan fingerprint density at radius 2 is 0.522 bits per heavy atom. The molecule has 0 aliphatic carbocycles. The zero-order chi connectivity index (χ0) is 49.3. The van der Waals surface area contributed by atoms with Crippen LogP contribution in [0, 0.1) is 35.5 Å². The lowest BCUT2D eigenvalue weighted by Crippen LogP contribution is -2.12. The molecule has 0 radical (unpaired) electrons. The molecule has 3 nitrogen and oxygen atoms in total. The van der Waals surface area contributed by atoms with Crippen LogP contribution in [0.1, 0.15) is 150 Å².